The van der Waals surface area contributed by atoms with Crippen LogP contribution in [0.15, 0.2) is 0 Å². The SMILES string of the molecule is Cc1c(NN)nc(C(C)C)nc1NCC(C)N(C)C. The highest BCUT2D eigenvalue weighted by molar-refractivity contribution is 5.56. The quantitative estimate of drug-likeness (QED) is 0.535. The molecule has 1 aromatic heterocycles. The van der Waals surface area contributed by atoms with Crippen molar-refractivity contribution in [3.63, 3.8) is 0 Å². The van der Waals surface area contributed by atoms with Crippen LogP contribution in [0, 0.1) is 6.92 Å². The number of rotatable bonds is 6. The van der Waals surface area contributed by atoms with E-state index in [4.69, 9.17) is 5.84 Å². The van der Waals surface area contributed by atoms with Crippen molar-refractivity contribution in [2.75, 3.05) is 31.4 Å². The minimum absolute atomic E-state index is 0.263. The Morgan fingerprint density at radius 1 is 1.16 bits per heavy atom. The molecular weight excluding hydrogens is 240 g/mol. The number of likely N-dealkylation sites (N-methyl/N-ethyl adjacent to an activating group) is 1. The molecule has 0 saturated heterocycles. The Hall–Kier alpha value is -1.40. The molecular formula is C13H26N6. The average molecular weight is 266 g/mol. The number of nitrogens with two attached hydrogens (primary N) is 1. The van der Waals surface area contributed by atoms with Crippen molar-refractivity contribution in [3.8, 4) is 0 Å². The van der Waals surface area contributed by atoms with Crippen molar-refractivity contribution in [2.24, 2.45) is 5.84 Å². The van der Waals surface area contributed by atoms with Gasteiger partial charge in [-0.3, -0.25) is 0 Å². The maximum atomic E-state index is 5.52. The summed E-state index contributed by atoms with van der Waals surface area (Å²) in [5.41, 5.74) is 3.58. The highest BCUT2D eigenvalue weighted by atomic mass is 15.3. The topological polar surface area (TPSA) is 79.1 Å². The van der Waals surface area contributed by atoms with Crippen molar-refractivity contribution < 1.29 is 0 Å². The molecule has 1 heterocycles. The van der Waals surface area contributed by atoms with E-state index in [1.165, 1.54) is 0 Å². The summed E-state index contributed by atoms with van der Waals surface area (Å²) in [4.78, 5) is 11.2. The normalized spacial score (nSPS) is 12.9. The van der Waals surface area contributed by atoms with E-state index in [9.17, 15) is 0 Å². The van der Waals surface area contributed by atoms with Crippen LogP contribution in [0.4, 0.5) is 11.6 Å². The standard InChI is InChI=1S/C13H26N6/c1-8(2)11-16-12(10(4)13(17-11)18-14)15-7-9(3)19(5)6/h8-9H,7,14H2,1-6H3,(H2,15,16,17,18). The molecule has 0 fully saturated rings. The molecule has 1 unspecified atom stereocenters. The van der Waals surface area contributed by atoms with Crippen molar-refractivity contribution in [1.82, 2.24) is 14.9 Å². The van der Waals surface area contributed by atoms with Gasteiger partial charge in [0.25, 0.3) is 0 Å². The van der Waals surface area contributed by atoms with Crippen LogP contribution in [0.5, 0.6) is 0 Å². The predicted octanol–water partition coefficient (Wildman–Crippen LogP) is 1.56. The number of hydrogen-bond donors (Lipinski definition) is 3. The van der Waals surface area contributed by atoms with Gasteiger partial charge in [0, 0.05) is 24.1 Å². The Bertz CT molecular complexity index is 416. The molecule has 6 nitrogen and oxygen atoms in total. The lowest BCUT2D eigenvalue weighted by molar-refractivity contribution is 0.326. The summed E-state index contributed by atoms with van der Waals surface area (Å²) in [5, 5.41) is 3.38. The Balaban J connectivity index is 2.95. The number of anilines is 2. The van der Waals surface area contributed by atoms with Crippen molar-refractivity contribution in [3.05, 3.63) is 11.4 Å². The lowest BCUT2D eigenvalue weighted by Gasteiger charge is -2.21. The third kappa shape index (κ3) is 4.04. The first-order valence-electron chi connectivity index (χ1n) is 6.62. The fourth-order valence-electron chi connectivity index (χ4n) is 1.53. The third-order valence-electron chi connectivity index (χ3n) is 3.26. The second kappa shape index (κ2) is 6.68. The summed E-state index contributed by atoms with van der Waals surface area (Å²) in [5.74, 6) is 8.10. The van der Waals surface area contributed by atoms with Crippen LogP contribution >= 0.6 is 0 Å². The Kier molecular flexibility index (Phi) is 5.50. The molecule has 0 aromatic carbocycles. The second-order valence-corrected chi connectivity index (χ2v) is 5.40. The van der Waals surface area contributed by atoms with Gasteiger partial charge >= 0.3 is 0 Å². The Labute approximate surface area is 115 Å². The lowest BCUT2D eigenvalue weighted by Crippen LogP contribution is -2.32. The summed E-state index contributed by atoms with van der Waals surface area (Å²) >= 11 is 0. The molecule has 0 aliphatic carbocycles. The molecule has 0 saturated carbocycles. The van der Waals surface area contributed by atoms with E-state index in [2.05, 4.69) is 60.5 Å². The second-order valence-electron chi connectivity index (χ2n) is 5.40. The van der Waals surface area contributed by atoms with Crippen LogP contribution in [-0.2, 0) is 0 Å². The first-order chi connectivity index (χ1) is 8.86. The van der Waals surface area contributed by atoms with Crippen molar-refractivity contribution in [1.29, 1.82) is 0 Å². The highest BCUT2D eigenvalue weighted by Gasteiger charge is 2.13. The zero-order chi connectivity index (χ0) is 14.6. The van der Waals surface area contributed by atoms with Gasteiger partial charge in [0.2, 0.25) is 0 Å². The molecule has 108 valence electrons. The fourth-order valence-corrected chi connectivity index (χ4v) is 1.53. The fraction of sp³-hybridized carbons (Fsp3) is 0.692. The summed E-state index contributed by atoms with van der Waals surface area (Å²) in [6.07, 6.45) is 0. The van der Waals surface area contributed by atoms with Crippen LogP contribution in [-0.4, -0.2) is 41.5 Å². The first kappa shape index (κ1) is 15.7. The molecule has 1 atom stereocenters. The molecule has 0 spiro atoms. The van der Waals surface area contributed by atoms with Gasteiger partial charge < -0.3 is 15.6 Å². The predicted molar refractivity (Wildman–Crippen MR) is 80.3 cm³/mol. The number of aromatic nitrogens is 2. The van der Waals surface area contributed by atoms with Gasteiger partial charge in [0.15, 0.2) is 0 Å². The van der Waals surface area contributed by atoms with Gasteiger partial charge in [-0.2, -0.15) is 0 Å². The smallest absolute Gasteiger partial charge is 0.148 e. The number of nitrogens with one attached hydrogen (secondary N) is 2. The molecule has 4 N–H and O–H groups in total. The Morgan fingerprint density at radius 3 is 2.21 bits per heavy atom. The molecule has 0 aliphatic heterocycles. The Morgan fingerprint density at radius 2 is 1.74 bits per heavy atom. The minimum Gasteiger partial charge on any atom is -0.368 e. The van der Waals surface area contributed by atoms with E-state index in [0.717, 1.165) is 23.8 Å². The van der Waals surface area contributed by atoms with E-state index >= 15 is 0 Å². The zero-order valence-electron chi connectivity index (χ0n) is 12.8. The first-order valence-corrected chi connectivity index (χ1v) is 6.62. The molecule has 0 aliphatic rings. The molecule has 0 radical (unpaired) electrons. The van der Waals surface area contributed by atoms with Crippen molar-refractivity contribution in [2.45, 2.75) is 39.7 Å². The molecule has 1 aromatic rings. The summed E-state index contributed by atoms with van der Waals surface area (Å²) < 4.78 is 0. The number of hydrogen-bond acceptors (Lipinski definition) is 6. The largest absolute Gasteiger partial charge is 0.368 e. The third-order valence-corrected chi connectivity index (χ3v) is 3.26. The van der Waals surface area contributed by atoms with E-state index < -0.39 is 0 Å². The van der Waals surface area contributed by atoms with Crippen LogP contribution in [0.2, 0.25) is 0 Å². The van der Waals surface area contributed by atoms with Crippen LogP contribution in [0.3, 0.4) is 0 Å². The van der Waals surface area contributed by atoms with E-state index in [0.29, 0.717) is 11.9 Å². The van der Waals surface area contributed by atoms with E-state index in [-0.39, 0.29) is 5.92 Å². The molecule has 6 heteroatoms. The van der Waals surface area contributed by atoms with Crippen LogP contribution in [0.25, 0.3) is 0 Å². The summed E-state index contributed by atoms with van der Waals surface area (Å²) in [6, 6.07) is 0.422. The zero-order valence-corrected chi connectivity index (χ0v) is 12.8. The van der Waals surface area contributed by atoms with E-state index in [1.54, 1.807) is 0 Å². The molecule has 1 rings (SSSR count). The maximum Gasteiger partial charge on any atom is 0.148 e. The van der Waals surface area contributed by atoms with Crippen LogP contribution < -0.4 is 16.6 Å². The maximum absolute atomic E-state index is 5.52. The molecule has 19 heavy (non-hydrogen) atoms. The van der Waals surface area contributed by atoms with Gasteiger partial charge in [0.05, 0.1) is 0 Å². The van der Waals surface area contributed by atoms with Gasteiger partial charge in [-0.15, -0.1) is 0 Å². The summed E-state index contributed by atoms with van der Waals surface area (Å²) in [6.45, 7) is 9.08. The highest BCUT2D eigenvalue weighted by Crippen LogP contribution is 2.22. The van der Waals surface area contributed by atoms with Crippen molar-refractivity contribution >= 4 is 11.6 Å². The van der Waals surface area contributed by atoms with Gasteiger partial charge in [-0.25, -0.2) is 15.8 Å². The number of hydrazine groups is 1. The van der Waals surface area contributed by atoms with Gasteiger partial charge in [-0.05, 0) is 27.9 Å². The molecule has 0 amide bonds. The number of nitrogens with zero attached hydrogens (tertiary/aromatic N) is 3. The van der Waals surface area contributed by atoms with Crippen LogP contribution in [0.1, 0.15) is 38.1 Å². The lowest BCUT2D eigenvalue weighted by atomic mass is 10.2. The van der Waals surface area contributed by atoms with Gasteiger partial charge in [-0.1, -0.05) is 13.8 Å². The van der Waals surface area contributed by atoms with E-state index in [1.807, 2.05) is 6.92 Å². The molecule has 0 bridgehead atoms. The average Bonchev–Trinajstić information content (AvgIpc) is 2.36. The minimum atomic E-state index is 0.263. The van der Waals surface area contributed by atoms with Gasteiger partial charge in [0.1, 0.15) is 17.5 Å². The number of nitrogen functional groups attached to an aromatic ring is 1. The monoisotopic (exact) mass is 266 g/mol. The summed E-state index contributed by atoms with van der Waals surface area (Å²) in [7, 11) is 4.12.